The summed E-state index contributed by atoms with van der Waals surface area (Å²) >= 11 is 2.69. The maximum atomic E-state index is 9.06. The quantitative estimate of drug-likeness (QED) is 0.112. The molecular formula is C58H57CuFO2P3. The van der Waals surface area contributed by atoms with Crippen LogP contribution >= 0.6 is 23.8 Å². The van der Waals surface area contributed by atoms with Gasteiger partial charge in [-0.25, -0.2) is 0 Å². The standard InChI is InChI=1S/3C18H15P.2C2H6O.Cu.FH/c3*1-4-10-16(11-5-1)19(17-12-6-2-7-13-17)18-14-8-3-9-15-18;2*1-2-3;;/h3*1-15H;2*3H,2H2,1H3;;1H/q;;;;;+1;/p-1. The largest absolute Gasteiger partial charge is 0.0622 e. The molecule has 0 aliphatic carbocycles. The Hall–Kier alpha value is -5.36. The van der Waals surface area contributed by atoms with Crippen molar-refractivity contribution in [3.8, 4) is 0 Å². The molecule has 0 aliphatic rings. The van der Waals surface area contributed by atoms with Crippen molar-refractivity contribution in [2.75, 3.05) is 13.2 Å². The first-order chi connectivity index (χ1) is 32.2. The van der Waals surface area contributed by atoms with E-state index in [0.29, 0.717) is 0 Å². The topological polar surface area (TPSA) is 40.5 Å². The van der Waals surface area contributed by atoms with Crippen molar-refractivity contribution < 1.29 is 30.2 Å². The number of hydrogen-bond donors (Lipinski definition) is 2. The summed E-state index contributed by atoms with van der Waals surface area (Å²) in [5.41, 5.74) is 0. The molecule has 65 heavy (non-hydrogen) atoms. The van der Waals surface area contributed by atoms with E-state index in [1.165, 1.54) is 47.7 Å². The second-order valence-corrected chi connectivity index (χ2v) is 20.3. The molecule has 0 heterocycles. The van der Waals surface area contributed by atoms with Crippen LogP contribution in [0, 0.1) is 0 Å². The summed E-state index contributed by atoms with van der Waals surface area (Å²) in [6.45, 7) is 3.86. The van der Waals surface area contributed by atoms with Gasteiger partial charge in [0.05, 0.1) is 0 Å². The second kappa shape index (κ2) is 32.3. The number of hydrogen-bond acceptors (Lipinski definition) is 2. The van der Waals surface area contributed by atoms with Gasteiger partial charge in [-0.2, -0.15) is 0 Å². The van der Waals surface area contributed by atoms with Crippen LogP contribution in [-0.4, -0.2) is 23.4 Å². The monoisotopic (exact) mass is 960 g/mol. The molecule has 0 aliphatic heterocycles. The van der Waals surface area contributed by atoms with Crippen LogP contribution in [0.1, 0.15) is 13.8 Å². The maximum Gasteiger partial charge on any atom is -0.0134 e. The minimum atomic E-state index is -0.446. The number of aliphatic hydroxyl groups is 2. The minimum Gasteiger partial charge on any atom is -0.0622 e. The van der Waals surface area contributed by atoms with Crippen LogP contribution in [0.15, 0.2) is 273 Å². The summed E-state index contributed by atoms with van der Waals surface area (Å²) in [5.74, 6) is 0. The Labute approximate surface area is 399 Å². The Morgan fingerprint density at radius 2 is 0.323 bits per heavy atom. The van der Waals surface area contributed by atoms with E-state index in [0.717, 1.165) is 0 Å². The molecular weight excluding hydrogens is 904 g/mol. The molecule has 9 rings (SSSR count). The van der Waals surface area contributed by atoms with Crippen molar-refractivity contribution in [2.24, 2.45) is 0 Å². The van der Waals surface area contributed by atoms with E-state index in [2.05, 4.69) is 289 Å². The Bertz CT molecular complexity index is 1910. The normalized spacial score (nSPS) is 9.94. The van der Waals surface area contributed by atoms with Gasteiger partial charge in [-0.1, -0.05) is 273 Å². The first kappa shape index (κ1) is 52.3. The molecule has 0 aromatic heterocycles. The predicted molar refractivity (Wildman–Crippen MR) is 282 cm³/mol. The van der Waals surface area contributed by atoms with Gasteiger partial charge in [0, 0.05) is 13.2 Å². The summed E-state index contributed by atoms with van der Waals surface area (Å²) in [6.07, 6.45) is 0. The van der Waals surface area contributed by atoms with Gasteiger partial charge in [0.2, 0.25) is 0 Å². The van der Waals surface area contributed by atoms with Crippen LogP contribution in [0.3, 0.4) is 0 Å². The fourth-order valence-corrected chi connectivity index (χ4v) is 13.5. The van der Waals surface area contributed by atoms with E-state index in [1.807, 2.05) is 0 Å². The zero-order chi connectivity index (χ0) is 46.2. The van der Waals surface area contributed by atoms with Crippen LogP contribution in [0.2, 0.25) is 0 Å². The van der Waals surface area contributed by atoms with Gasteiger partial charge in [-0.05, 0) is 85.4 Å². The fraction of sp³-hybridized carbons (Fsp3) is 0.0690. The van der Waals surface area contributed by atoms with Crippen molar-refractivity contribution in [1.29, 1.82) is 0 Å². The van der Waals surface area contributed by atoms with Gasteiger partial charge in [0.1, 0.15) is 0 Å². The van der Waals surface area contributed by atoms with Gasteiger partial charge < -0.3 is 10.2 Å². The molecule has 9 aromatic carbocycles. The van der Waals surface area contributed by atoms with Gasteiger partial charge in [0.25, 0.3) is 0 Å². The molecule has 2 N–H and O–H groups in total. The number of halogens is 1. The second-order valence-electron chi connectivity index (χ2n) is 13.7. The number of rotatable bonds is 9. The Kier molecular flexibility index (Phi) is 26.0. The van der Waals surface area contributed by atoms with Crippen molar-refractivity contribution in [3.63, 3.8) is 0 Å². The van der Waals surface area contributed by atoms with Crippen LogP contribution < -0.4 is 47.7 Å². The van der Waals surface area contributed by atoms with Crippen LogP contribution in [-0.2, 0) is 16.5 Å². The SMILES string of the molecule is CCO.CCO.[F][Cu].c1ccc(P(c2ccccc2)c2ccccc2)cc1.c1ccc(P(c2ccccc2)c2ccccc2)cc1.c1ccc(P(c2ccccc2)c2ccccc2)cc1. The zero-order valence-electron chi connectivity index (χ0n) is 36.8. The summed E-state index contributed by atoms with van der Waals surface area (Å²) < 4.78 is 9.06. The molecule has 9 aromatic rings. The van der Waals surface area contributed by atoms with E-state index < -0.39 is 23.8 Å². The first-order valence-electron chi connectivity index (χ1n) is 21.4. The van der Waals surface area contributed by atoms with Crippen molar-refractivity contribution in [1.82, 2.24) is 0 Å². The molecule has 0 saturated heterocycles. The molecule has 0 atom stereocenters. The molecule has 0 bridgehead atoms. The summed E-state index contributed by atoms with van der Waals surface area (Å²) in [6, 6.07) is 97.0. The summed E-state index contributed by atoms with van der Waals surface area (Å²) in [7, 11) is -1.34. The van der Waals surface area contributed by atoms with Crippen molar-refractivity contribution in [2.45, 2.75) is 13.8 Å². The molecule has 0 spiro atoms. The third kappa shape index (κ3) is 17.9. The third-order valence-electron chi connectivity index (χ3n) is 9.13. The molecule has 7 heteroatoms. The van der Waals surface area contributed by atoms with Crippen LogP contribution in [0.25, 0.3) is 0 Å². The molecule has 0 saturated carbocycles. The molecule has 334 valence electrons. The Morgan fingerprint density at radius 3 is 0.400 bits per heavy atom. The molecule has 0 fully saturated rings. The third-order valence-corrected chi connectivity index (χ3v) is 16.5. The van der Waals surface area contributed by atoms with Crippen molar-refractivity contribution >= 4 is 71.5 Å². The Morgan fingerprint density at radius 1 is 0.246 bits per heavy atom. The van der Waals surface area contributed by atoms with Crippen LogP contribution in [0.5, 0.6) is 0 Å². The summed E-state index contributed by atoms with van der Waals surface area (Å²) in [5, 5.41) is 27.7. The van der Waals surface area contributed by atoms with E-state index >= 15 is 0 Å². The Balaban J connectivity index is 0.000000197. The average Bonchev–Trinajstić information content (AvgIpc) is 3.39. The summed E-state index contributed by atoms with van der Waals surface area (Å²) in [4.78, 5) is 0. The fourth-order valence-electron chi connectivity index (χ4n) is 6.54. The van der Waals surface area contributed by atoms with Gasteiger partial charge in [0.15, 0.2) is 0 Å². The van der Waals surface area contributed by atoms with Gasteiger partial charge >= 0.3 is 20.0 Å². The zero-order valence-corrected chi connectivity index (χ0v) is 40.4. The number of aliphatic hydroxyl groups excluding tert-OH is 2. The predicted octanol–water partition coefficient (Wildman–Crippen LogP) is 10.7. The van der Waals surface area contributed by atoms with E-state index in [1.54, 1.807) is 13.8 Å². The average molecular weight is 962 g/mol. The molecule has 0 radical (unpaired) electrons. The van der Waals surface area contributed by atoms with E-state index in [9.17, 15) is 0 Å². The molecule has 0 amide bonds. The minimum absolute atomic E-state index is 0.250. The number of benzene rings is 9. The van der Waals surface area contributed by atoms with E-state index in [4.69, 9.17) is 13.8 Å². The van der Waals surface area contributed by atoms with Crippen LogP contribution in [0.4, 0.5) is 3.55 Å². The molecule has 2 nitrogen and oxygen atoms in total. The van der Waals surface area contributed by atoms with Gasteiger partial charge in [-0.3, -0.25) is 0 Å². The van der Waals surface area contributed by atoms with E-state index in [-0.39, 0.29) is 13.2 Å². The smallest absolute Gasteiger partial charge is 0.0134 e. The molecule has 0 unspecified atom stereocenters. The van der Waals surface area contributed by atoms with Gasteiger partial charge in [-0.15, -0.1) is 0 Å². The maximum absolute atomic E-state index is 9.06. The first-order valence-corrected chi connectivity index (χ1v) is 25.8. The van der Waals surface area contributed by atoms with Crippen molar-refractivity contribution in [3.05, 3.63) is 273 Å².